The smallest absolute Gasteiger partial charge is 0.169 e. The molecule has 1 heterocycles. The number of hydrogen-bond donors (Lipinski definition) is 1. The van der Waals surface area contributed by atoms with Crippen molar-refractivity contribution in [1.82, 2.24) is 10.2 Å². The minimum absolute atomic E-state index is 0.0310. The van der Waals surface area contributed by atoms with E-state index in [0.29, 0.717) is 0 Å². The summed E-state index contributed by atoms with van der Waals surface area (Å²) in [6.07, 6.45) is 2.12. The fourth-order valence-corrected chi connectivity index (χ4v) is 4.17. The van der Waals surface area contributed by atoms with Crippen molar-refractivity contribution in [1.29, 1.82) is 0 Å². The maximum atomic E-state index is 5.88. The lowest BCUT2D eigenvalue weighted by molar-refractivity contribution is 0.405. The Bertz CT molecular complexity index is 920. The number of ether oxygens (including phenoxy) is 1. The van der Waals surface area contributed by atoms with Gasteiger partial charge in [0.25, 0.3) is 0 Å². The Morgan fingerprint density at radius 1 is 0.931 bits per heavy atom. The fraction of sp³-hybridized carbons (Fsp3) is 0.240. The first-order valence-corrected chi connectivity index (χ1v) is 10.5. The second-order valence-corrected chi connectivity index (χ2v) is 7.75. The minimum atomic E-state index is 0.0310. The van der Waals surface area contributed by atoms with Crippen molar-refractivity contribution in [3.63, 3.8) is 0 Å². The molecule has 0 amide bonds. The van der Waals surface area contributed by atoms with E-state index in [-0.39, 0.29) is 6.04 Å². The van der Waals surface area contributed by atoms with Gasteiger partial charge in [-0.25, -0.2) is 0 Å². The molecule has 3 aromatic rings. The quantitative estimate of drug-likeness (QED) is 0.613. The van der Waals surface area contributed by atoms with Crippen LogP contribution in [0.15, 0.2) is 78.9 Å². The third-order valence-electron chi connectivity index (χ3n) is 5.47. The van der Waals surface area contributed by atoms with Gasteiger partial charge in [-0.15, -0.1) is 0 Å². The molecule has 29 heavy (non-hydrogen) atoms. The molecule has 0 unspecified atom stereocenters. The highest BCUT2D eigenvalue weighted by molar-refractivity contribution is 7.80. The van der Waals surface area contributed by atoms with Crippen LogP contribution in [0, 0.1) is 0 Å². The van der Waals surface area contributed by atoms with Gasteiger partial charge in [0.1, 0.15) is 5.75 Å². The van der Waals surface area contributed by atoms with E-state index >= 15 is 0 Å². The first-order chi connectivity index (χ1) is 14.2. The molecule has 3 nitrogen and oxygen atoms in total. The molecule has 0 aromatic heterocycles. The highest BCUT2D eigenvalue weighted by Gasteiger charge is 2.21. The van der Waals surface area contributed by atoms with Crippen molar-refractivity contribution in [3.05, 3.63) is 101 Å². The summed E-state index contributed by atoms with van der Waals surface area (Å²) in [5, 5.41) is 4.43. The monoisotopic (exact) mass is 402 g/mol. The van der Waals surface area contributed by atoms with E-state index in [1.165, 1.54) is 22.3 Å². The molecular weight excluding hydrogens is 376 g/mol. The summed E-state index contributed by atoms with van der Waals surface area (Å²) in [5.41, 5.74) is 5.10. The largest absolute Gasteiger partial charge is 0.497 e. The standard InChI is InChI=1S/C25H26N2OS/c1-28-23-15-14-22-18-27(16-8-13-21(22)17-23)25(29)26-24(19-9-4-2-5-10-19)20-11-6-3-7-12-20/h2-7,9-12,14-15,17,24H,8,13,16,18H2,1H3,(H,26,29). The van der Waals surface area contributed by atoms with Crippen molar-refractivity contribution in [2.45, 2.75) is 25.4 Å². The van der Waals surface area contributed by atoms with E-state index in [9.17, 15) is 0 Å². The van der Waals surface area contributed by atoms with Gasteiger partial charge in [0.05, 0.1) is 13.2 Å². The van der Waals surface area contributed by atoms with E-state index in [4.69, 9.17) is 17.0 Å². The van der Waals surface area contributed by atoms with Gasteiger partial charge in [0, 0.05) is 13.1 Å². The normalized spacial score (nSPS) is 13.5. The number of nitrogens with zero attached hydrogens (tertiary/aromatic N) is 1. The van der Waals surface area contributed by atoms with Gasteiger partial charge in [-0.2, -0.15) is 0 Å². The molecule has 1 aliphatic heterocycles. The maximum absolute atomic E-state index is 5.88. The zero-order valence-corrected chi connectivity index (χ0v) is 17.5. The van der Waals surface area contributed by atoms with Gasteiger partial charge >= 0.3 is 0 Å². The number of benzene rings is 3. The molecule has 1 aliphatic rings. The molecule has 3 aromatic carbocycles. The van der Waals surface area contributed by atoms with Gasteiger partial charge in [0.15, 0.2) is 5.11 Å². The zero-order chi connectivity index (χ0) is 20.1. The van der Waals surface area contributed by atoms with Crippen LogP contribution in [0.3, 0.4) is 0 Å². The van der Waals surface area contributed by atoms with Gasteiger partial charge in [-0.1, -0.05) is 66.7 Å². The Hall–Kier alpha value is -2.85. The summed E-state index contributed by atoms with van der Waals surface area (Å²) < 4.78 is 5.39. The van der Waals surface area contributed by atoms with E-state index in [1.54, 1.807) is 7.11 Å². The fourth-order valence-electron chi connectivity index (χ4n) is 3.90. The Morgan fingerprint density at radius 2 is 1.59 bits per heavy atom. The van der Waals surface area contributed by atoms with Crippen molar-refractivity contribution >= 4 is 17.3 Å². The maximum Gasteiger partial charge on any atom is 0.169 e. The number of aryl methyl sites for hydroxylation is 1. The van der Waals surface area contributed by atoms with Crippen LogP contribution in [0.5, 0.6) is 5.75 Å². The summed E-state index contributed by atoms with van der Waals surface area (Å²) in [6, 6.07) is 27.4. The summed E-state index contributed by atoms with van der Waals surface area (Å²) in [4.78, 5) is 2.28. The lowest BCUT2D eigenvalue weighted by Gasteiger charge is -2.29. The Kier molecular flexibility index (Phi) is 6.11. The van der Waals surface area contributed by atoms with Gasteiger partial charge in [-0.3, -0.25) is 0 Å². The topological polar surface area (TPSA) is 24.5 Å². The molecule has 0 aliphatic carbocycles. The molecular formula is C25H26N2OS. The lowest BCUT2D eigenvalue weighted by atomic mass is 9.99. The van der Waals surface area contributed by atoms with E-state index in [0.717, 1.165) is 36.8 Å². The van der Waals surface area contributed by atoms with Crippen LogP contribution in [-0.4, -0.2) is 23.7 Å². The Balaban J connectivity index is 1.56. The lowest BCUT2D eigenvalue weighted by Crippen LogP contribution is -2.41. The predicted octanol–water partition coefficient (Wildman–Crippen LogP) is 5.11. The first kappa shape index (κ1) is 19.5. The molecule has 0 saturated carbocycles. The number of nitrogens with one attached hydrogen (secondary N) is 1. The molecule has 1 N–H and O–H groups in total. The molecule has 4 rings (SSSR count). The van der Waals surface area contributed by atoms with E-state index in [2.05, 4.69) is 70.9 Å². The summed E-state index contributed by atoms with van der Waals surface area (Å²) in [6.45, 7) is 1.76. The number of hydrogen-bond acceptors (Lipinski definition) is 2. The average molecular weight is 403 g/mol. The van der Waals surface area contributed by atoms with Crippen LogP contribution in [0.4, 0.5) is 0 Å². The van der Waals surface area contributed by atoms with Gasteiger partial charge < -0.3 is 15.0 Å². The summed E-state index contributed by atoms with van der Waals surface area (Å²) >= 11 is 5.88. The van der Waals surface area contributed by atoms with Crippen LogP contribution >= 0.6 is 12.2 Å². The summed E-state index contributed by atoms with van der Waals surface area (Å²) in [5.74, 6) is 0.922. The van der Waals surface area contributed by atoms with Crippen molar-refractivity contribution in [2.24, 2.45) is 0 Å². The highest BCUT2D eigenvalue weighted by atomic mass is 32.1. The van der Waals surface area contributed by atoms with E-state index in [1.807, 2.05) is 18.2 Å². The first-order valence-electron chi connectivity index (χ1n) is 10.1. The predicted molar refractivity (Wildman–Crippen MR) is 122 cm³/mol. The Morgan fingerprint density at radius 3 is 2.21 bits per heavy atom. The van der Waals surface area contributed by atoms with Crippen molar-refractivity contribution in [2.75, 3.05) is 13.7 Å². The zero-order valence-electron chi connectivity index (χ0n) is 16.7. The molecule has 0 radical (unpaired) electrons. The van der Waals surface area contributed by atoms with Crippen LogP contribution in [0.25, 0.3) is 0 Å². The number of thiocarbonyl (C=S) groups is 1. The highest BCUT2D eigenvalue weighted by Crippen LogP contribution is 2.25. The summed E-state index contributed by atoms with van der Waals surface area (Å²) in [7, 11) is 1.72. The Labute approximate surface area is 178 Å². The van der Waals surface area contributed by atoms with Crippen LogP contribution in [-0.2, 0) is 13.0 Å². The number of methoxy groups -OCH3 is 1. The third kappa shape index (κ3) is 4.60. The van der Waals surface area contributed by atoms with Crippen molar-refractivity contribution < 1.29 is 4.74 Å². The third-order valence-corrected chi connectivity index (χ3v) is 5.85. The van der Waals surface area contributed by atoms with Crippen LogP contribution in [0.1, 0.15) is 34.7 Å². The number of rotatable bonds is 4. The molecule has 0 fully saturated rings. The molecule has 0 spiro atoms. The SMILES string of the molecule is COc1ccc2c(c1)CCCN(C(=S)NC(c1ccccc1)c1ccccc1)C2. The molecule has 0 bridgehead atoms. The van der Waals surface area contributed by atoms with Gasteiger partial charge in [0.2, 0.25) is 0 Å². The van der Waals surface area contributed by atoms with Gasteiger partial charge in [-0.05, 0) is 59.4 Å². The second kappa shape index (κ2) is 9.10. The molecule has 148 valence electrons. The van der Waals surface area contributed by atoms with Crippen molar-refractivity contribution in [3.8, 4) is 5.75 Å². The minimum Gasteiger partial charge on any atom is -0.497 e. The van der Waals surface area contributed by atoms with Crippen LogP contribution < -0.4 is 10.1 Å². The van der Waals surface area contributed by atoms with Crippen LogP contribution in [0.2, 0.25) is 0 Å². The average Bonchev–Trinajstić information content (AvgIpc) is 3.00. The second-order valence-electron chi connectivity index (χ2n) is 7.36. The van der Waals surface area contributed by atoms with E-state index < -0.39 is 0 Å². The number of fused-ring (bicyclic) bond motifs is 1. The molecule has 0 saturated heterocycles. The molecule has 0 atom stereocenters. The molecule has 4 heteroatoms.